The van der Waals surface area contributed by atoms with Crippen molar-refractivity contribution in [3.05, 3.63) is 52.5 Å². The van der Waals surface area contributed by atoms with E-state index in [-0.39, 0.29) is 5.91 Å². The molecule has 2 rings (SSSR count). The Morgan fingerprint density at radius 1 is 1.10 bits per heavy atom. The van der Waals surface area contributed by atoms with E-state index in [4.69, 9.17) is 21.1 Å². The van der Waals surface area contributed by atoms with Gasteiger partial charge in [-0.2, -0.15) is 0 Å². The van der Waals surface area contributed by atoms with Gasteiger partial charge in [0.15, 0.2) is 0 Å². The van der Waals surface area contributed by atoms with Crippen LogP contribution in [0.5, 0.6) is 11.5 Å². The minimum absolute atomic E-state index is 0.271. The van der Waals surface area contributed by atoms with Crippen molar-refractivity contribution < 1.29 is 14.3 Å². The van der Waals surface area contributed by atoms with Crippen LogP contribution < -0.4 is 14.8 Å². The summed E-state index contributed by atoms with van der Waals surface area (Å²) in [5, 5.41) is 3.40. The highest BCUT2D eigenvalue weighted by atomic mass is 35.5. The Bertz CT molecular complexity index is 671. The van der Waals surface area contributed by atoms with Gasteiger partial charge in [-0.05, 0) is 30.7 Å². The van der Waals surface area contributed by atoms with E-state index in [0.717, 1.165) is 5.56 Å². The number of carbonyl (C=O) groups is 1. The lowest BCUT2D eigenvalue weighted by Gasteiger charge is -2.13. The molecule has 0 saturated heterocycles. The SMILES string of the molecule is COc1cc(Cl)c(C)cc1NC(=O)c1ccccc1OC. The average molecular weight is 306 g/mol. The Hall–Kier alpha value is -2.20. The number of hydrogen-bond donors (Lipinski definition) is 1. The van der Waals surface area contributed by atoms with Crippen LogP contribution in [0.3, 0.4) is 0 Å². The molecule has 0 fully saturated rings. The van der Waals surface area contributed by atoms with Gasteiger partial charge < -0.3 is 14.8 Å². The van der Waals surface area contributed by atoms with Gasteiger partial charge in [-0.25, -0.2) is 0 Å². The highest BCUT2D eigenvalue weighted by molar-refractivity contribution is 6.31. The number of hydrogen-bond acceptors (Lipinski definition) is 3. The van der Waals surface area contributed by atoms with Crippen molar-refractivity contribution in [2.24, 2.45) is 0 Å². The monoisotopic (exact) mass is 305 g/mol. The molecule has 0 saturated carbocycles. The molecule has 5 heteroatoms. The van der Waals surface area contributed by atoms with E-state index in [9.17, 15) is 4.79 Å². The number of rotatable bonds is 4. The molecular weight excluding hydrogens is 290 g/mol. The summed E-state index contributed by atoms with van der Waals surface area (Å²) in [4.78, 5) is 12.4. The number of methoxy groups -OCH3 is 2. The van der Waals surface area contributed by atoms with Crippen LogP contribution in [-0.2, 0) is 0 Å². The number of halogens is 1. The second kappa shape index (κ2) is 6.50. The van der Waals surface area contributed by atoms with Crippen molar-refractivity contribution in [1.82, 2.24) is 0 Å². The molecular formula is C16H16ClNO3. The summed E-state index contributed by atoms with van der Waals surface area (Å²) < 4.78 is 10.4. The van der Waals surface area contributed by atoms with Crippen molar-refractivity contribution in [1.29, 1.82) is 0 Å². The summed E-state index contributed by atoms with van der Waals surface area (Å²) in [6.07, 6.45) is 0. The van der Waals surface area contributed by atoms with Gasteiger partial charge in [0, 0.05) is 11.1 Å². The van der Waals surface area contributed by atoms with E-state index in [1.165, 1.54) is 14.2 Å². The summed E-state index contributed by atoms with van der Waals surface area (Å²) in [6, 6.07) is 10.5. The fourth-order valence-corrected chi connectivity index (χ4v) is 2.11. The predicted molar refractivity (Wildman–Crippen MR) is 83.7 cm³/mol. The number of aryl methyl sites for hydroxylation is 1. The van der Waals surface area contributed by atoms with E-state index in [2.05, 4.69) is 5.32 Å². The number of nitrogens with one attached hydrogen (secondary N) is 1. The molecule has 2 aromatic rings. The van der Waals surface area contributed by atoms with Crippen LogP contribution in [0.2, 0.25) is 5.02 Å². The first-order valence-electron chi connectivity index (χ1n) is 6.35. The van der Waals surface area contributed by atoms with E-state index in [1.54, 1.807) is 30.3 Å². The largest absolute Gasteiger partial charge is 0.496 e. The molecule has 1 N–H and O–H groups in total. The van der Waals surface area contributed by atoms with E-state index < -0.39 is 0 Å². The summed E-state index contributed by atoms with van der Waals surface area (Å²) in [5.41, 5.74) is 1.87. The topological polar surface area (TPSA) is 47.6 Å². The number of anilines is 1. The zero-order valence-corrected chi connectivity index (χ0v) is 12.8. The second-order valence-electron chi connectivity index (χ2n) is 4.46. The van der Waals surface area contributed by atoms with Crippen LogP contribution in [0, 0.1) is 6.92 Å². The summed E-state index contributed by atoms with van der Waals surface area (Å²) in [7, 11) is 3.05. The molecule has 0 aliphatic carbocycles. The van der Waals surface area contributed by atoms with Crippen molar-refractivity contribution >= 4 is 23.2 Å². The van der Waals surface area contributed by atoms with Gasteiger partial charge >= 0.3 is 0 Å². The third kappa shape index (κ3) is 3.28. The molecule has 0 radical (unpaired) electrons. The molecule has 0 unspecified atom stereocenters. The standard InChI is InChI=1S/C16H16ClNO3/c1-10-8-13(15(21-3)9-12(10)17)18-16(19)11-6-4-5-7-14(11)20-2/h4-9H,1-3H3,(H,18,19). The Morgan fingerprint density at radius 3 is 2.43 bits per heavy atom. The smallest absolute Gasteiger partial charge is 0.259 e. The van der Waals surface area contributed by atoms with Gasteiger partial charge in [0.2, 0.25) is 0 Å². The average Bonchev–Trinajstić information content (AvgIpc) is 2.50. The zero-order valence-electron chi connectivity index (χ0n) is 12.1. The van der Waals surface area contributed by atoms with Crippen molar-refractivity contribution in [3.63, 3.8) is 0 Å². The third-order valence-corrected chi connectivity index (χ3v) is 3.49. The Balaban J connectivity index is 2.33. The van der Waals surface area contributed by atoms with Crippen LogP contribution in [0.25, 0.3) is 0 Å². The number of amides is 1. The van der Waals surface area contributed by atoms with Crippen molar-refractivity contribution in [2.75, 3.05) is 19.5 Å². The minimum Gasteiger partial charge on any atom is -0.496 e. The maximum absolute atomic E-state index is 12.4. The number of para-hydroxylation sites is 1. The molecule has 0 spiro atoms. The lowest BCUT2D eigenvalue weighted by atomic mass is 10.1. The number of ether oxygens (including phenoxy) is 2. The number of benzene rings is 2. The van der Waals surface area contributed by atoms with Gasteiger partial charge in [-0.15, -0.1) is 0 Å². The third-order valence-electron chi connectivity index (χ3n) is 3.08. The maximum Gasteiger partial charge on any atom is 0.259 e. The molecule has 0 aliphatic heterocycles. The predicted octanol–water partition coefficient (Wildman–Crippen LogP) is 3.92. The molecule has 0 aliphatic rings. The molecule has 0 heterocycles. The molecule has 0 aromatic heterocycles. The molecule has 4 nitrogen and oxygen atoms in total. The Morgan fingerprint density at radius 2 is 1.76 bits per heavy atom. The summed E-state index contributed by atoms with van der Waals surface area (Å²) >= 11 is 6.05. The van der Waals surface area contributed by atoms with Crippen LogP contribution in [0.15, 0.2) is 36.4 Å². The molecule has 1 amide bonds. The highest BCUT2D eigenvalue weighted by Gasteiger charge is 2.15. The Labute approximate surface area is 128 Å². The molecule has 110 valence electrons. The maximum atomic E-state index is 12.4. The quantitative estimate of drug-likeness (QED) is 0.931. The zero-order chi connectivity index (χ0) is 15.4. The van der Waals surface area contributed by atoms with Gasteiger partial charge in [0.1, 0.15) is 11.5 Å². The first-order chi connectivity index (χ1) is 10.1. The van der Waals surface area contributed by atoms with E-state index in [0.29, 0.717) is 27.8 Å². The first-order valence-corrected chi connectivity index (χ1v) is 6.73. The fourth-order valence-electron chi connectivity index (χ4n) is 1.95. The van der Waals surface area contributed by atoms with E-state index in [1.807, 2.05) is 13.0 Å². The number of carbonyl (C=O) groups excluding carboxylic acids is 1. The van der Waals surface area contributed by atoms with Crippen LogP contribution in [0.1, 0.15) is 15.9 Å². The molecule has 21 heavy (non-hydrogen) atoms. The van der Waals surface area contributed by atoms with Crippen molar-refractivity contribution in [2.45, 2.75) is 6.92 Å². The van der Waals surface area contributed by atoms with Gasteiger partial charge in [-0.3, -0.25) is 4.79 Å². The van der Waals surface area contributed by atoms with Gasteiger partial charge in [0.25, 0.3) is 5.91 Å². The summed E-state index contributed by atoms with van der Waals surface area (Å²) in [6.45, 7) is 1.86. The van der Waals surface area contributed by atoms with Crippen LogP contribution in [0.4, 0.5) is 5.69 Å². The lowest BCUT2D eigenvalue weighted by Crippen LogP contribution is -2.14. The lowest BCUT2D eigenvalue weighted by molar-refractivity contribution is 0.102. The van der Waals surface area contributed by atoms with E-state index >= 15 is 0 Å². The minimum atomic E-state index is -0.271. The van der Waals surface area contributed by atoms with Crippen LogP contribution >= 0.6 is 11.6 Å². The molecule has 2 aromatic carbocycles. The second-order valence-corrected chi connectivity index (χ2v) is 4.86. The highest BCUT2D eigenvalue weighted by Crippen LogP contribution is 2.31. The molecule has 0 bridgehead atoms. The summed E-state index contributed by atoms with van der Waals surface area (Å²) in [5.74, 6) is 0.751. The fraction of sp³-hybridized carbons (Fsp3) is 0.188. The van der Waals surface area contributed by atoms with Crippen LogP contribution in [-0.4, -0.2) is 20.1 Å². The normalized spacial score (nSPS) is 10.1. The van der Waals surface area contributed by atoms with Gasteiger partial charge in [-0.1, -0.05) is 23.7 Å². The van der Waals surface area contributed by atoms with Gasteiger partial charge in [0.05, 0.1) is 25.5 Å². The van der Waals surface area contributed by atoms with Crippen molar-refractivity contribution in [3.8, 4) is 11.5 Å². The molecule has 0 atom stereocenters. The Kier molecular flexibility index (Phi) is 4.70. The first kappa shape index (κ1) is 15.2.